The molecular formula is C30H60O3. The highest BCUT2D eigenvalue weighted by atomic mass is 16.6. The lowest BCUT2D eigenvalue weighted by Gasteiger charge is -2.07. The van der Waals surface area contributed by atoms with Crippen LogP contribution < -0.4 is 0 Å². The summed E-state index contributed by atoms with van der Waals surface area (Å²) in [5, 5.41) is 0. The van der Waals surface area contributed by atoms with E-state index in [2.05, 4.69) is 13.8 Å². The molecule has 0 heterocycles. The van der Waals surface area contributed by atoms with Crippen molar-refractivity contribution in [1.82, 2.24) is 0 Å². The van der Waals surface area contributed by atoms with E-state index in [1.165, 1.54) is 128 Å². The third-order valence-corrected chi connectivity index (χ3v) is 6.62. The Morgan fingerprint density at radius 2 is 0.788 bits per heavy atom. The van der Waals surface area contributed by atoms with Crippen LogP contribution in [0.4, 0.5) is 0 Å². The molecule has 0 aliphatic rings. The van der Waals surface area contributed by atoms with Crippen LogP contribution >= 0.6 is 0 Å². The summed E-state index contributed by atoms with van der Waals surface area (Å²) in [4.78, 5) is 11.8. The van der Waals surface area contributed by atoms with E-state index in [1.807, 2.05) is 0 Å². The van der Waals surface area contributed by atoms with Crippen molar-refractivity contribution in [1.29, 1.82) is 0 Å². The van der Waals surface area contributed by atoms with Gasteiger partial charge in [-0.25, -0.2) is 0 Å². The third-order valence-electron chi connectivity index (χ3n) is 6.62. The number of unbranched alkanes of at least 4 members (excludes halogenated alkanes) is 21. The van der Waals surface area contributed by atoms with E-state index in [9.17, 15) is 4.79 Å². The molecule has 3 nitrogen and oxygen atoms in total. The van der Waals surface area contributed by atoms with Gasteiger partial charge in [0.25, 0.3) is 0 Å². The van der Waals surface area contributed by atoms with Gasteiger partial charge in [-0.05, 0) is 12.8 Å². The summed E-state index contributed by atoms with van der Waals surface area (Å²) in [6.07, 6.45) is 31.3. The van der Waals surface area contributed by atoms with Crippen LogP contribution in [0.3, 0.4) is 0 Å². The fraction of sp³-hybridized carbons (Fsp3) is 0.967. The first-order valence-corrected chi connectivity index (χ1v) is 15.0. The number of carbonyl (C=O) groups excluding carboxylic acids is 1. The first kappa shape index (κ1) is 32.4. The zero-order chi connectivity index (χ0) is 24.1. The maximum absolute atomic E-state index is 11.8. The normalized spacial score (nSPS) is 11.2. The lowest BCUT2D eigenvalue weighted by atomic mass is 10.0. The predicted molar refractivity (Wildman–Crippen MR) is 144 cm³/mol. The van der Waals surface area contributed by atoms with E-state index in [1.54, 1.807) is 0 Å². The first-order valence-electron chi connectivity index (χ1n) is 15.0. The number of carbonyl (C=O) groups is 1. The van der Waals surface area contributed by atoms with E-state index in [0.717, 1.165) is 25.9 Å². The highest BCUT2D eigenvalue weighted by Gasteiger charge is 2.02. The van der Waals surface area contributed by atoms with Crippen LogP contribution in [-0.2, 0) is 14.3 Å². The van der Waals surface area contributed by atoms with Crippen molar-refractivity contribution < 1.29 is 14.3 Å². The molecule has 0 aromatic carbocycles. The first-order chi connectivity index (χ1) is 16.3. The van der Waals surface area contributed by atoms with E-state index in [4.69, 9.17) is 9.47 Å². The van der Waals surface area contributed by atoms with Gasteiger partial charge in [0, 0.05) is 13.0 Å². The Labute approximate surface area is 208 Å². The summed E-state index contributed by atoms with van der Waals surface area (Å²) in [5.74, 6) is -0.0552. The Bertz CT molecular complexity index is 370. The maximum atomic E-state index is 11.8. The van der Waals surface area contributed by atoms with E-state index < -0.39 is 0 Å². The van der Waals surface area contributed by atoms with E-state index in [-0.39, 0.29) is 5.97 Å². The van der Waals surface area contributed by atoms with Crippen LogP contribution in [0, 0.1) is 0 Å². The number of ether oxygens (including phenoxy) is 2. The Hall–Kier alpha value is -0.570. The Balaban J connectivity index is 3.13. The molecule has 3 heteroatoms. The standard InChI is InChI=1S/C30H60O3/c1-3-5-7-9-11-13-14-15-16-17-18-19-20-22-24-26-30(31)33-29-28-32-27-25-23-21-12-10-8-6-4-2/h3-29H2,1-2H3. The zero-order valence-corrected chi connectivity index (χ0v) is 22.8. The maximum Gasteiger partial charge on any atom is 0.305 e. The molecule has 0 N–H and O–H groups in total. The summed E-state index contributed by atoms with van der Waals surface area (Å²) < 4.78 is 10.9. The highest BCUT2D eigenvalue weighted by molar-refractivity contribution is 5.69. The largest absolute Gasteiger partial charge is 0.463 e. The van der Waals surface area contributed by atoms with Crippen LogP contribution in [0.5, 0.6) is 0 Å². The Morgan fingerprint density at radius 1 is 0.424 bits per heavy atom. The average Bonchev–Trinajstić information content (AvgIpc) is 2.82. The molecule has 0 aromatic heterocycles. The molecule has 0 rings (SSSR count). The topological polar surface area (TPSA) is 35.5 Å². The fourth-order valence-electron chi connectivity index (χ4n) is 4.37. The van der Waals surface area contributed by atoms with Crippen LogP contribution in [0.25, 0.3) is 0 Å². The number of rotatable bonds is 28. The van der Waals surface area contributed by atoms with Crippen molar-refractivity contribution in [3.63, 3.8) is 0 Å². The summed E-state index contributed by atoms with van der Waals surface area (Å²) >= 11 is 0. The second kappa shape index (κ2) is 29.5. The van der Waals surface area contributed by atoms with Gasteiger partial charge in [0.15, 0.2) is 0 Å². The number of esters is 1. The SMILES string of the molecule is CCCCCCCCCCCCCCCCCC(=O)OCCOCCCCCCCCCC. The lowest BCUT2D eigenvalue weighted by molar-refractivity contribution is -0.145. The molecule has 0 spiro atoms. The highest BCUT2D eigenvalue weighted by Crippen LogP contribution is 2.14. The van der Waals surface area contributed by atoms with Gasteiger partial charge in [0.05, 0.1) is 6.61 Å². The molecule has 0 radical (unpaired) electrons. The molecule has 0 atom stereocenters. The fourth-order valence-corrected chi connectivity index (χ4v) is 4.37. The quantitative estimate of drug-likeness (QED) is 0.0846. The summed E-state index contributed by atoms with van der Waals surface area (Å²) in [6, 6.07) is 0. The monoisotopic (exact) mass is 468 g/mol. The van der Waals surface area contributed by atoms with Crippen LogP contribution in [-0.4, -0.2) is 25.8 Å². The van der Waals surface area contributed by atoms with Crippen molar-refractivity contribution in [2.45, 2.75) is 168 Å². The van der Waals surface area contributed by atoms with Gasteiger partial charge in [-0.1, -0.05) is 149 Å². The van der Waals surface area contributed by atoms with Gasteiger partial charge >= 0.3 is 5.97 Å². The van der Waals surface area contributed by atoms with Crippen molar-refractivity contribution in [2.75, 3.05) is 19.8 Å². The molecule has 198 valence electrons. The molecule has 0 aliphatic carbocycles. The van der Waals surface area contributed by atoms with Gasteiger partial charge in [-0.15, -0.1) is 0 Å². The molecule has 0 aliphatic heterocycles. The van der Waals surface area contributed by atoms with Gasteiger partial charge in [0.2, 0.25) is 0 Å². The van der Waals surface area contributed by atoms with Gasteiger partial charge in [-0.3, -0.25) is 4.79 Å². The minimum Gasteiger partial charge on any atom is -0.463 e. The van der Waals surface area contributed by atoms with Crippen LogP contribution in [0.2, 0.25) is 0 Å². The van der Waals surface area contributed by atoms with Crippen LogP contribution in [0.15, 0.2) is 0 Å². The molecule has 0 amide bonds. The third kappa shape index (κ3) is 29.4. The van der Waals surface area contributed by atoms with E-state index >= 15 is 0 Å². The molecule has 0 bridgehead atoms. The molecule has 33 heavy (non-hydrogen) atoms. The zero-order valence-electron chi connectivity index (χ0n) is 22.8. The second-order valence-corrected chi connectivity index (χ2v) is 10.0. The average molecular weight is 469 g/mol. The molecule has 0 aromatic rings. The smallest absolute Gasteiger partial charge is 0.305 e. The Morgan fingerprint density at radius 3 is 1.21 bits per heavy atom. The minimum atomic E-state index is -0.0552. The van der Waals surface area contributed by atoms with Gasteiger partial charge < -0.3 is 9.47 Å². The second-order valence-electron chi connectivity index (χ2n) is 10.0. The molecule has 0 saturated carbocycles. The predicted octanol–water partition coefficient (Wildman–Crippen LogP) is 9.95. The van der Waals surface area contributed by atoms with Crippen molar-refractivity contribution in [3.05, 3.63) is 0 Å². The lowest BCUT2D eigenvalue weighted by Crippen LogP contribution is -2.10. The summed E-state index contributed by atoms with van der Waals surface area (Å²) in [7, 11) is 0. The van der Waals surface area contributed by atoms with Crippen molar-refractivity contribution >= 4 is 5.97 Å². The summed E-state index contributed by atoms with van der Waals surface area (Å²) in [5.41, 5.74) is 0. The molecule has 0 unspecified atom stereocenters. The molecular weight excluding hydrogens is 408 g/mol. The van der Waals surface area contributed by atoms with E-state index in [0.29, 0.717) is 19.6 Å². The van der Waals surface area contributed by atoms with Crippen molar-refractivity contribution in [2.24, 2.45) is 0 Å². The number of hydrogen-bond donors (Lipinski definition) is 0. The van der Waals surface area contributed by atoms with Crippen molar-refractivity contribution in [3.8, 4) is 0 Å². The molecule has 0 saturated heterocycles. The van der Waals surface area contributed by atoms with Gasteiger partial charge in [0.1, 0.15) is 6.61 Å². The minimum absolute atomic E-state index is 0.0552. The van der Waals surface area contributed by atoms with Gasteiger partial charge in [-0.2, -0.15) is 0 Å². The molecule has 0 fully saturated rings. The summed E-state index contributed by atoms with van der Waals surface area (Å²) in [6.45, 7) is 6.29. The van der Waals surface area contributed by atoms with Crippen LogP contribution in [0.1, 0.15) is 168 Å². The Kier molecular flexibility index (Phi) is 29.0. The number of hydrogen-bond acceptors (Lipinski definition) is 3.